The number of aromatic nitrogens is 6. The molecule has 5 heterocycles. The van der Waals surface area contributed by atoms with E-state index >= 15 is 0 Å². The topological polar surface area (TPSA) is 185 Å². The van der Waals surface area contributed by atoms with Crippen LogP contribution in [0.5, 0.6) is 11.5 Å². The van der Waals surface area contributed by atoms with Crippen molar-refractivity contribution in [3.8, 4) is 22.6 Å². The zero-order valence-corrected chi connectivity index (χ0v) is 31.6. The summed E-state index contributed by atoms with van der Waals surface area (Å²) in [5.41, 5.74) is 10.5. The molecule has 0 amide bonds. The normalized spacial score (nSPS) is 11.2. The first-order valence-corrected chi connectivity index (χ1v) is 17.6. The minimum Gasteiger partial charge on any atom is -2.00 e. The molecule has 5 aromatic heterocycles. The number of aliphatic hydroxyl groups is 1. The minimum absolute atomic E-state index is 0. The van der Waals surface area contributed by atoms with E-state index in [-0.39, 0.29) is 53.4 Å². The van der Waals surface area contributed by atoms with Crippen LogP contribution in [-0.4, -0.2) is 41.2 Å². The fourth-order valence-corrected chi connectivity index (χ4v) is 6.92. The number of hydrogen-bond donors (Lipinski definition) is 1. The monoisotopic (exact) mass is 782 g/mol. The van der Waals surface area contributed by atoms with E-state index in [2.05, 4.69) is 74.5 Å². The summed E-state index contributed by atoms with van der Waals surface area (Å²) in [5, 5.41) is 36.7. The molecule has 10 aromatic rings. The summed E-state index contributed by atoms with van der Waals surface area (Å²) in [4.78, 5) is 32.3. The summed E-state index contributed by atoms with van der Waals surface area (Å²) in [7, 11) is 0. The van der Waals surface area contributed by atoms with Crippen LogP contribution in [-0.2, 0) is 30.6 Å². The molecule has 273 valence electrons. The van der Waals surface area contributed by atoms with Crippen LogP contribution in [0.3, 0.4) is 0 Å². The average molecular weight is 783 g/mol. The number of fused-ring (bicyclic) bond motifs is 9. The first-order chi connectivity index (χ1) is 27.0. The van der Waals surface area contributed by atoms with Crippen LogP contribution < -0.4 is 10.2 Å². The molecule has 11 nitrogen and oxygen atoms in total. The van der Waals surface area contributed by atoms with Gasteiger partial charge in [-0.1, -0.05) is 72.2 Å². The van der Waals surface area contributed by atoms with Gasteiger partial charge >= 0.3 is 18.6 Å². The van der Waals surface area contributed by atoms with Crippen molar-refractivity contribution in [2.75, 3.05) is 0 Å². The van der Waals surface area contributed by atoms with Crippen LogP contribution >= 0.6 is 0 Å². The Morgan fingerprint density at radius 1 is 0.614 bits per heavy atom. The Kier molecular flexibility index (Phi) is 10.8. The van der Waals surface area contributed by atoms with Crippen molar-refractivity contribution in [1.29, 1.82) is 0 Å². The second-order valence-corrected chi connectivity index (χ2v) is 12.9. The summed E-state index contributed by atoms with van der Waals surface area (Å²) in [6.07, 6.45) is 6.33. The molecule has 0 fully saturated rings. The van der Waals surface area contributed by atoms with Crippen molar-refractivity contribution >= 4 is 77.6 Å². The van der Waals surface area contributed by atoms with Gasteiger partial charge in [0.25, 0.3) is 0 Å². The number of para-hydroxylation sites is 4. The minimum atomic E-state index is -0.303. The molecule has 1 radical (unpaired) electrons. The smallest absolute Gasteiger partial charge is 2.00 e. The first kappa shape index (κ1) is 38.4. The van der Waals surface area contributed by atoms with Gasteiger partial charge in [0.2, 0.25) is 0 Å². The molecule has 0 bridgehead atoms. The molecule has 12 heteroatoms. The number of hydrogen-bond acceptors (Lipinski definition) is 10. The number of aliphatic imine (C=N–C) groups is 1. The molecular formula is C45H29N7O4V. The third-order valence-corrected chi connectivity index (χ3v) is 9.59. The molecule has 0 aliphatic carbocycles. The van der Waals surface area contributed by atoms with Gasteiger partial charge in [0.05, 0.1) is 56.4 Å². The van der Waals surface area contributed by atoms with Crippen molar-refractivity contribution in [3.05, 3.63) is 151 Å². The van der Waals surface area contributed by atoms with E-state index in [4.69, 9.17) is 15.0 Å². The third-order valence-electron chi connectivity index (χ3n) is 9.59. The van der Waals surface area contributed by atoms with E-state index in [9.17, 15) is 15.3 Å². The summed E-state index contributed by atoms with van der Waals surface area (Å²) in [5.74, 6) is -0.513. The summed E-state index contributed by atoms with van der Waals surface area (Å²) in [6.45, 7) is 1.28. The van der Waals surface area contributed by atoms with E-state index < -0.39 is 0 Å². The maximum atomic E-state index is 11.9. The molecule has 0 saturated heterocycles. The quantitative estimate of drug-likeness (QED) is 0.105. The largest absolute Gasteiger partial charge is 4.00 e. The van der Waals surface area contributed by atoms with Crippen molar-refractivity contribution < 1.29 is 39.4 Å². The maximum absolute atomic E-state index is 11.9. The van der Waals surface area contributed by atoms with Gasteiger partial charge in [-0.25, -0.2) is 15.0 Å². The predicted molar refractivity (Wildman–Crippen MR) is 214 cm³/mol. The van der Waals surface area contributed by atoms with Crippen molar-refractivity contribution in [2.24, 2.45) is 4.99 Å². The average Bonchev–Trinajstić information content (AvgIpc) is 3.23. The molecular weight excluding hydrogens is 753 g/mol. The Hall–Kier alpha value is -6.89. The standard InChI is InChI=1S/C31H17N5.C14H14N2O3.O.V/c1-3-11-23-19(7-1)27(20-8-2-4-12-24(20)34-23)18-13-14-25-26(17-18)36-31-22-10-6-16-33-29(22)28-21(30(31)35-25)9-5-15-32-28;1-9-14(19)11(10(8-17)6-15-9)7-16-12-4-2-3-5-13(12)18;;/h1-17H;2-7,17-19H,8H2,1H3;;/q;;-2;+4/p-2. The van der Waals surface area contributed by atoms with Gasteiger partial charge in [0.1, 0.15) is 0 Å². The van der Waals surface area contributed by atoms with Gasteiger partial charge in [-0.15, -0.1) is 0 Å². The van der Waals surface area contributed by atoms with Crippen LogP contribution in [0.1, 0.15) is 16.8 Å². The Morgan fingerprint density at radius 2 is 1.19 bits per heavy atom. The molecule has 0 atom stereocenters. The van der Waals surface area contributed by atoms with Crippen LogP contribution in [0.25, 0.3) is 76.8 Å². The van der Waals surface area contributed by atoms with Gasteiger partial charge in [0.15, 0.2) is 0 Å². The molecule has 0 spiro atoms. The number of aliphatic hydroxyl groups excluding tert-OH is 1. The van der Waals surface area contributed by atoms with Crippen LogP contribution in [0, 0.1) is 6.92 Å². The maximum Gasteiger partial charge on any atom is 4.00 e. The van der Waals surface area contributed by atoms with E-state index in [1.54, 1.807) is 37.5 Å². The predicted octanol–water partition coefficient (Wildman–Crippen LogP) is 7.91. The first-order valence-electron chi connectivity index (χ1n) is 17.6. The summed E-state index contributed by atoms with van der Waals surface area (Å²) in [6, 6.07) is 37.2. The van der Waals surface area contributed by atoms with Gasteiger partial charge in [-0.3, -0.25) is 19.9 Å². The van der Waals surface area contributed by atoms with Crippen LogP contribution in [0.15, 0.2) is 139 Å². The SMILES string of the molecule is Cc1ncc(CO)c(C=Nc2ccccc2[O-])c1[O-].[O-2].[V+4].c1ccc2c(-c3ccc4nc5c6cccnc6c6ncccc6c5nc4c3)c3ccccc3nc2c1. The van der Waals surface area contributed by atoms with Gasteiger partial charge in [-0.05, 0) is 72.6 Å². The van der Waals surface area contributed by atoms with E-state index in [1.807, 2.05) is 36.4 Å². The van der Waals surface area contributed by atoms with Gasteiger partial charge < -0.3 is 20.8 Å². The molecule has 0 saturated carbocycles. The zero-order chi connectivity index (χ0) is 37.5. The summed E-state index contributed by atoms with van der Waals surface area (Å²) < 4.78 is 0. The molecule has 0 unspecified atom stereocenters. The fourth-order valence-electron chi connectivity index (χ4n) is 6.92. The third kappa shape index (κ3) is 6.96. The van der Waals surface area contributed by atoms with Crippen molar-refractivity contribution in [3.63, 3.8) is 0 Å². The molecule has 1 N–H and O–H groups in total. The number of nitrogens with zero attached hydrogens (tertiary/aromatic N) is 7. The number of benzene rings is 5. The van der Waals surface area contributed by atoms with E-state index in [1.165, 1.54) is 18.5 Å². The van der Waals surface area contributed by atoms with Gasteiger partial charge in [0, 0.05) is 63.2 Å². The van der Waals surface area contributed by atoms with Crippen LogP contribution in [0.2, 0.25) is 0 Å². The Bertz CT molecular complexity index is 3110. The molecule has 10 rings (SSSR count). The number of pyridine rings is 4. The number of rotatable bonds is 4. The van der Waals surface area contributed by atoms with E-state index in [0.717, 1.165) is 76.8 Å². The van der Waals surface area contributed by atoms with Crippen LogP contribution in [0.4, 0.5) is 5.69 Å². The summed E-state index contributed by atoms with van der Waals surface area (Å²) >= 11 is 0. The van der Waals surface area contributed by atoms with Crippen molar-refractivity contribution in [2.45, 2.75) is 13.5 Å². The molecule has 5 aromatic carbocycles. The number of aryl methyl sites for hydroxylation is 1. The molecule has 57 heavy (non-hydrogen) atoms. The Balaban J connectivity index is 0.000000203. The van der Waals surface area contributed by atoms with Crippen molar-refractivity contribution in [1.82, 2.24) is 29.9 Å². The second-order valence-electron chi connectivity index (χ2n) is 12.9. The Labute approximate surface area is 337 Å². The second kappa shape index (κ2) is 16.1. The Morgan fingerprint density at radius 3 is 1.82 bits per heavy atom. The van der Waals surface area contributed by atoms with Gasteiger partial charge in [-0.2, -0.15) is 0 Å². The zero-order valence-electron chi connectivity index (χ0n) is 30.2. The molecule has 0 aliphatic rings. The molecule has 0 aliphatic heterocycles. The fraction of sp³-hybridized carbons (Fsp3) is 0.0444. The van der Waals surface area contributed by atoms with E-state index in [0.29, 0.717) is 11.3 Å².